The van der Waals surface area contributed by atoms with Gasteiger partial charge in [0.15, 0.2) is 11.5 Å². The second-order valence-corrected chi connectivity index (χ2v) is 8.08. The molecule has 0 aliphatic carbocycles. The van der Waals surface area contributed by atoms with Crippen LogP contribution in [0.15, 0.2) is 71.8 Å². The molecular formula is C26H22N4O5. The Hall–Kier alpha value is -4.66. The second kappa shape index (κ2) is 9.30. The monoisotopic (exact) mass is 470 g/mol. The van der Waals surface area contributed by atoms with Gasteiger partial charge in [-0.1, -0.05) is 24.3 Å². The first-order chi connectivity index (χ1) is 17.0. The van der Waals surface area contributed by atoms with Crippen LogP contribution < -0.4 is 25.7 Å². The maximum Gasteiger partial charge on any atom is 0.261 e. The lowest BCUT2D eigenvalue weighted by atomic mass is 10.1. The zero-order valence-corrected chi connectivity index (χ0v) is 18.9. The van der Waals surface area contributed by atoms with Crippen LogP contribution in [-0.2, 0) is 11.3 Å². The topological polar surface area (TPSA) is 112 Å². The van der Waals surface area contributed by atoms with Crippen LogP contribution >= 0.6 is 0 Å². The normalized spacial score (nSPS) is 11.9. The molecule has 3 aromatic carbocycles. The molecule has 0 fully saturated rings. The van der Waals surface area contributed by atoms with Gasteiger partial charge in [0.05, 0.1) is 28.5 Å². The fraction of sp³-hybridized carbons (Fsp3) is 0.154. The van der Waals surface area contributed by atoms with Crippen molar-refractivity contribution in [2.24, 2.45) is 0 Å². The van der Waals surface area contributed by atoms with Crippen LogP contribution in [0, 0.1) is 6.92 Å². The van der Waals surface area contributed by atoms with Crippen molar-refractivity contribution in [3.8, 4) is 11.5 Å². The highest BCUT2D eigenvalue weighted by Crippen LogP contribution is 2.34. The van der Waals surface area contributed by atoms with E-state index < -0.39 is 0 Å². The third-order valence-electron chi connectivity index (χ3n) is 5.71. The molecule has 0 saturated heterocycles. The van der Waals surface area contributed by atoms with Gasteiger partial charge in [-0.15, -0.1) is 0 Å². The number of ether oxygens (including phenoxy) is 2. The summed E-state index contributed by atoms with van der Waals surface area (Å²) in [7, 11) is 0. The van der Waals surface area contributed by atoms with Crippen molar-refractivity contribution in [2.45, 2.75) is 19.9 Å². The average Bonchev–Trinajstić information content (AvgIpc) is 3.32. The van der Waals surface area contributed by atoms with E-state index in [1.807, 2.05) is 19.1 Å². The van der Waals surface area contributed by atoms with Crippen LogP contribution in [0.25, 0.3) is 10.9 Å². The zero-order valence-electron chi connectivity index (χ0n) is 18.9. The predicted octanol–water partition coefficient (Wildman–Crippen LogP) is 3.71. The van der Waals surface area contributed by atoms with Gasteiger partial charge in [0, 0.05) is 24.7 Å². The molecule has 35 heavy (non-hydrogen) atoms. The molecule has 2 amide bonds. The number of rotatable bonds is 6. The van der Waals surface area contributed by atoms with Crippen LogP contribution in [0.3, 0.4) is 0 Å². The van der Waals surface area contributed by atoms with Crippen molar-refractivity contribution < 1.29 is 19.1 Å². The van der Waals surface area contributed by atoms with E-state index in [1.165, 1.54) is 10.9 Å². The Morgan fingerprint density at radius 3 is 2.71 bits per heavy atom. The lowest BCUT2D eigenvalue weighted by molar-refractivity contribution is -0.116. The molecule has 2 N–H and O–H groups in total. The maximum absolute atomic E-state index is 12.9. The third kappa shape index (κ3) is 4.56. The largest absolute Gasteiger partial charge is 0.454 e. The molecule has 0 radical (unpaired) electrons. The number of carbonyl (C=O) groups excluding carboxylic acids is 2. The fourth-order valence-corrected chi connectivity index (χ4v) is 3.89. The number of hydrogen-bond acceptors (Lipinski definition) is 6. The van der Waals surface area contributed by atoms with Crippen molar-refractivity contribution in [1.29, 1.82) is 0 Å². The standard InChI is InChI=1S/C26H22N4O5/c1-16-5-4-7-19-24(16)27-14-30(26(19)33)12-11-23(31)29-20-8-3-2-6-18(20)25(32)28-17-9-10-21-22(13-17)35-15-34-21/h2-10,13-14H,11-12,15H2,1H3,(H,28,32)(H,29,31). The van der Waals surface area contributed by atoms with Gasteiger partial charge in [-0.2, -0.15) is 0 Å². The van der Waals surface area contributed by atoms with E-state index >= 15 is 0 Å². The number of carbonyl (C=O) groups is 2. The molecule has 5 rings (SSSR count). The Kier molecular flexibility index (Phi) is 5.88. The second-order valence-electron chi connectivity index (χ2n) is 8.08. The Labute approximate surface area is 200 Å². The van der Waals surface area contributed by atoms with E-state index in [0.717, 1.165) is 5.56 Å². The van der Waals surface area contributed by atoms with E-state index in [1.54, 1.807) is 48.5 Å². The number of nitrogens with one attached hydrogen (secondary N) is 2. The van der Waals surface area contributed by atoms with Crippen molar-refractivity contribution >= 4 is 34.1 Å². The number of aromatic nitrogens is 2. The first-order valence-corrected chi connectivity index (χ1v) is 11.0. The Morgan fingerprint density at radius 2 is 1.83 bits per heavy atom. The molecule has 0 bridgehead atoms. The van der Waals surface area contributed by atoms with Crippen molar-refractivity contribution in [3.63, 3.8) is 0 Å². The number of nitrogens with zero attached hydrogens (tertiary/aromatic N) is 2. The summed E-state index contributed by atoms with van der Waals surface area (Å²) in [6.45, 7) is 2.20. The number of aryl methyl sites for hydroxylation is 2. The molecule has 0 unspecified atom stereocenters. The van der Waals surface area contributed by atoms with Crippen LogP contribution in [-0.4, -0.2) is 28.2 Å². The molecule has 9 heteroatoms. The van der Waals surface area contributed by atoms with Crippen LogP contribution in [0.5, 0.6) is 11.5 Å². The summed E-state index contributed by atoms with van der Waals surface area (Å²) in [6.07, 6.45) is 1.49. The van der Waals surface area contributed by atoms with Crippen LogP contribution in [0.2, 0.25) is 0 Å². The predicted molar refractivity (Wildman–Crippen MR) is 131 cm³/mol. The van der Waals surface area contributed by atoms with Gasteiger partial charge in [0.25, 0.3) is 11.5 Å². The minimum Gasteiger partial charge on any atom is -0.454 e. The summed E-state index contributed by atoms with van der Waals surface area (Å²) >= 11 is 0. The van der Waals surface area contributed by atoms with Gasteiger partial charge in [-0.05, 0) is 42.8 Å². The van der Waals surface area contributed by atoms with E-state index in [2.05, 4.69) is 15.6 Å². The number of anilines is 2. The van der Waals surface area contributed by atoms with Gasteiger partial charge in [-0.25, -0.2) is 4.98 Å². The summed E-state index contributed by atoms with van der Waals surface area (Å²) in [5, 5.41) is 6.10. The molecule has 0 spiro atoms. The van der Waals surface area contributed by atoms with E-state index in [0.29, 0.717) is 39.3 Å². The van der Waals surface area contributed by atoms with Crippen molar-refractivity contribution in [3.05, 3.63) is 88.5 Å². The third-order valence-corrected chi connectivity index (χ3v) is 5.71. The number of amides is 2. The quantitative estimate of drug-likeness (QED) is 0.444. The number of para-hydroxylation sites is 2. The Balaban J connectivity index is 1.27. The van der Waals surface area contributed by atoms with Gasteiger partial charge in [-0.3, -0.25) is 19.0 Å². The first-order valence-electron chi connectivity index (χ1n) is 11.0. The van der Waals surface area contributed by atoms with Crippen molar-refractivity contribution in [2.75, 3.05) is 17.4 Å². The van der Waals surface area contributed by atoms with Gasteiger partial charge >= 0.3 is 0 Å². The molecule has 4 aromatic rings. The lowest BCUT2D eigenvalue weighted by Gasteiger charge is -2.12. The van der Waals surface area contributed by atoms with Crippen LogP contribution in [0.4, 0.5) is 11.4 Å². The van der Waals surface area contributed by atoms with E-state index in [4.69, 9.17) is 9.47 Å². The molecule has 1 aliphatic heterocycles. The van der Waals surface area contributed by atoms with Crippen molar-refractivity contribution in [1.82, 2.24) is 9.55 Å². The van der Waals surface area contributed by atoms with Gasteiger partial charge in [0.2, 0.25) is 12.7 Å². The van der Waals surface area contributed by atoms with E-state index in [-0.39, 0.29) is 37.1 Å². The zero-order chi connectivity index (χ0) is 24.4. The molecule has 1 aromatic heterocycles. The highest BCUT2D eigenvalue weighted by Gasteiger charge is 2.17. The number of hydrogen-bond donors (Lipinski definition) is 2. The summed E-state index contributed by atoms with van der Waals surface area (Å²) in [4.78, 5) is 42.7. The molecule has 1 aliphatic rings. The number of benzene rings is 3. The Morgan fingerprint density at radius 1 is 1.00 bits per heavy atom. The summed E-state index contributed by atoms with van der Waals surface area (Å²) in [5.74, 6) is 0.458. The van der Waals surface area contributed by atoms with Gasteiger partial charge in [0.1, 0.15) is 0 Å². The smallest absolute Gasteiger partial charge is 0.261 e. The lowest BCUT2D eigenvalue weighted by Crippen LogP contribution is -2.24. The fourth-order valence-electron chi connectivity index (χ4n) is 3.89. The van der Waals surface area contributed by atoms with Crippen LogP contribution in [0.1, 0.15) is 22.3 Å². The molecule has 0 atom stereocenters. The average molecular weight is 470 g/mol. The van der Waals surface area contributed by atoms with E-state index in [9.17, 15) is 14.4 Å². The maximum atomic E-state index is 12.9. The first kappa shape index (κ1) is 22.1. The number of fused-ring (bicyclic) bond motifs is 2. The SMILES string of the molecule is Cc1cccc2c(=O)n(CCC(=O)Nc3ccccc3C(=O)Nc3ccc4c(c3)OCO4)cnc12. The minimum absolute atomic E-state index is 0.0387. The molecular weight excluding hydrogens is 448 g/mol. The molecule has 176 valence electrons. The minimum atomic E-state index is -0.384. The summed E-state index contributed by atoms with van der Waals surface area (Å²) < 4.78 is 12.0. The highest BCUT2D eigenvalue weighted by molar-refractivity contribution is 6.10. The summed E-state index contributed by atoms with van der Waals surface area (Å²) in [6, 6.07) is 17.3. The Bertz CT molecular complexity index is 1510. The highest BCUT2D eigenvalue weighted by atomic mass is 16.7. The molecule has 9 nitrogen and oxygen atoms in total. The summed E-state index contributed by atoms with van der Waals surface area (Å²) in [5.41, 5.74) is 2.59. The molecule has 2 heterocycles. The van der Waals surface area contributed by atoms with Gasteiger partial charge < -0.3 is 20.1 Å². The molecule has 0 saturated carbocycles.